The lowest BCUT2D eigenvalue weighted by atomic mass is 10.1. The number of carbonyl (C=O) groups excluding carboxylic acids is 1. The van der Waals surface area contributed by atoms with Gasteiger partial charge in [-0.3, -0.25) is 4.79 Å². The number of Topliss-reactive ketones (excluding diaryl/α,β-unsaturated/α-hetero) is 1. The zero-order valence-electron chi connectivity index (χ0n) is 11.4. The van der Waals surface area contributed by atoms with Crippen molar-refractivity contribution in [2.75, 3.05) is 5.32 Å². The molecule has 110 valence electrons. The monoisotopic (exact) mass is 339 g/mol. The van der Waals surface area contributed by atoms with E-state index in [1.54, 1.807) is 24.3 Å². The molecule has 0 aliphatic heterocycles. The van der Waals surface area contributed by atoms with Crippen molar-refractivity contribution in [2.24, 2.45) is 0 Å². The maximum Gasteiger partial charge on any atom is 0.206 e. The zero-order valence-corrected chi connectivity index (χ0v) is 13.8. The van der Waals surface area contributed by atoms with Crippen LogP contribution in [0.5, 0.6) is 0 Å². The first kappa shape index (κ1) is 14.8. The molecule has 0 spiro atoms. The van der Waals surface area contributed by atoms with Gasteiger partial charge in [-0.25, -0.2) is 0 Å². The van der Waals surface area contributed by atoms with Crippen LogP contribution in [0.1, 0.15) is 30.1 Å². The highest BCUT2D eigenvalue weighted by atomic mass is 35.5. The number of hydrogen-bond donors (Lipinski definition) is 1. The fourth-order valence-electron chi connectivity index (χ4n) is 1.77. The van der Waals surface area contributed by atoms with Gasteiger partial charge in [0.05, 0.1) is 5.25 Å². The Kier molecular flexibility index (Phi) is 4.47. The van der Waals surface area contributed by atoms with Gasteiger partial charge in [-0.2, -0.15) is 0 Å². The van der Waals surface area contributed by atoms with Gasteiger partial charge in [0.2, 0.25) is 5.13 Å². The minimum Gasteiger partial charge on any atom is -0.357 e. The number of anilines is 1. The summed E-state index contributed by atoms with van der Waals surface area (Å²) in [5.74, 6) is 0.0727. The quantitative estimate of drug-likeness (QED) is 0.633. The highest BCUT2D eigenvalue weighted by molar-refractivity contribution is 8.02. The molecule has 1 aliphatic carbocycles. The van der Waals surface area contributed by atoms with Crippen molar-refractivity contribution in [3.63, 3.8) is 0 Å². The van der Waals surface area contributed by atoms with E-state index in [-0.39, 0.29) is 11.0 Å². The maximum atomic E-state index is 12.3. The van der Waals surface area contributed by atoms with E-state index in [0.29, 0.717) is 16.6 Å². The second-order valence-electron chi connectivity index (χ2n) is 4.92. The number of benzene rings is 1. The number of carbonyl (C=O) groups is 1. The van der Waals surface area contributed by atoms with E-state index < -0.39 is 0 Å². The minimum absolute atomic E-state index is 0.0727. The van der Waals surface area contributed by atoms with E-state index in [9.17, 15) is 4.79 Å². The molecule has 0 amide bonds. The molecule has 1 aliphatic rings. The highest BCUT2D eigenvalue weighted by Crippen LogP contribution is 2.32. The number of thioether (sulfide) groups is 1. The summed E-state index contributed by atoms with van der Waals surface area (Å²) in [7, 11) is 0. The van der Waals surface area contributed by atoms with E-state index in [1.165, 1.54) is 35.9 Å². The van der Waals surface area contributed by atoms with Crippen molar-refractivity contribution in [1.82, 2.24) is 10.2 Å². The van der Waals surface area contributed by atoms with Gasteiger partial charge in [-0.1, -0.05) is 34.7 Å². The molecule has 7 heteroatoms. The maximum absolute atomic E-state index is 12.3. The van der Waals surface area contributed by atoms with Crippen LogP contribution >= 0.6 is 34.7 Å². The van der Waals surface area contributed by atoms with Crippen LogP contribution in [-0.2, 0) is 0 Å². The van der Waals surface area contributed by atoms with Crippen LogP contribution in [0.3, 0.4) is 0 Å². The molecule has 1 N–H and O–H groups in total. The summed E-state index contributed by atoms with van der Waals surface area (Å²) < 4.78 is 0.813. The fourth-order valence-corrected chi connectivity index (χ4v) is 3.95. The molecule has 1 aromatic carbocycles. The van der Waals surface area contributed by atoms with Gasteiger partial charge in [-0.05, 0) is 44.0 Å². The average Bonchev–Trinajstić information content (AvgIpc) is 3.18. The van der Waals surface area contributed by atoms with Crippen LogP contribution in [0.2, 0.25) is 5.02 Å². The molecule has 1 saturated carbocycles. The molecular weight excluding hydrogens is 326 g/mol. The molecule has 4 nitrogen and oxygen atoms in total. The van der Waals surface area contributed by atoms with Gasteiger partial charge in [0.1, 0.15) is 0 Å². The van der Waals surface area contributed by atoms with Crippen molar-refractivity contribution >= 4 is 45.6 Å². The number of ketones is 1. The molecule has 3 rings (SSSR count). The van der Waals surface area contributed by atoms with Crippen molar-refractivity contribution in [2.45, 2.75) is 35.4 Å². The van der Waals surface area contributed by atoms with Gasteiger partial charge in [0.15, 0.2) is 10.1 Å². The Morgan fingerprint density at radius 1 is 1.38 bits per heavy atom. The largest absolute Gasteiger partial charge is 0.357 e. The smallest absolute Gasteiger partial charge is 0.206 e. The van der Waals surface area contributed by atoms with Gasteiger partial charge in [0.25, 0.3) is 0 Å². The Balaban J connectivity index is 1.61. The number of halogens is 1. The summed E-state index contributed by atoms with van der Waals surface area (Å²) in [4.78, 5) is 12.3. The van der Waals surface area contributed by atoms with E-state index in [4.69, 9.17) is 11.6 Å². The van der Waals surface area contributed by atoms with E-state index in [2.05, 4.69) is 15.5 Å². The summed E-state index contributed by atoms with van der Waals surface area (Å²) in [6, 6.07) is 7.52. The first-order valence-corrected chi connectivity index (χ1v) is 8.76. The van der Waals surface area contributed by atoms with Gasteiger partial charge in [0, 0.05) is 16.6 Å². The van der Waals surface area contributed by atoms with Crippen molar-refractivity contribution in [1.29, 1.82) is 0 Å². The first-order valence-electron chi connectivity index (χ1n) is 6.68. The van der Waals surface area contributed by atoms with Crippen molar-refractivity contribution < 1.29 is 4.79 Å². The lowest BCUT2D eigenvalue weighted by Gasteiger charge is -2.07. The standard InChI is InChI=1S/C14H14ClN3OS2/c1-8(12(19)9-2-4-10(15)5-3-9)20-14-18-17-13(21-14)16-11-6-7-11/h2-5,8,11H,6-7H2,1H3,(H,16,17)/t8-/m1/s1. The molecule has 1 atom stereocenters. The summed E-state index contributed by atoms with van der Waals surface area (Å²) >= 11 is 8.78. The Hall–Kier alpha value is -1.11. The Bertz CT molecular complexity index is 640. The van der Waals surface area contributed by atoms with E-state index >= 15 is 0 Å². The van der Waals surface area contributed by atoms with Gasteiger partial charge < -0.3 is 5.32 Å². The lowest BCUT2D eigenvalue weighted by Crippen LogP contribution is -2.13. The molecule has 0 bridgehead atoms. The second-order valence-corrected chi connectivity index (χ2v) is 7.92. The average molecular weight is 340 g/mol. The van der Waals surface area contributed by atoms with Crippen LogP contribution in [-0.4, -0.2) is 27.3 Å². The number of nitrogens with one attached hydrogen (secondary N) is 1. The third-order valence-corrected chi connectivity index (χ3v) is 5.38. The predicted molar refractivity (Wildman–Crippen MR) is 87.7 cm³/mol. The van der Waals surface area contributed by atoms with Crippen LogP contribution in [0.15, 0.2) is 28.6 Å². The Morgan fingerprint density at radius 2 is 2.10 bits per heavy atom. The molecule has 0 unspecified atom stereocenters. The molecule has 21 heavy (non-hydrogen) atoms. The number of hydrogen-bond acceptors (Lipinski definition) is 6. The molecule has 1 aromatic heterocycles. The number of nitrogens with zero attached hydrogens (tertiary/aromatic N) is 2. The molecule has 0 saturated heterocycles. The molecule has 0 radical (unpaired) electrons. The first-order chi connectivity index (χ1) is 10.1. The van der Waals surface area contributed by atoms with Crippen LogP contribution < -0.4 is 5.32 Å². The fraction of sp³-hybridized carbons (Fsp3) is 0.357. The lowest BCUT2D eigenvalue weighted by molar-refractivity contribution is 0.0994. The molecule has 1 heterocycles. The SMILES string of the molecule is C[C@@H](Sc1nnc(NC2CC2)s1)C(=O)c1ccc(Cl)cc1. The summed E-state index contributed by atoms with van der Waals surface area (Å²) in [5, 5.41) is 12.8. The molecule has 2 aromatic rings. The summed E-state index contributed by atoms with van der Waals surface area (Å²) in [5.41, 5.74) is 0.667. The van der Waals surface area contributed by atoms with Crippen molar-refractivity contribution in [3.05, 3.63) is 34.9 Å². The number of aromatic nitrogens is 2. The zero-order chi connectivity index (χ0) is 14.8. The normalized spacial score (nSPS) is 15.7. The van der Waals surface area contributed by atoms with Crippen LogP contribution in [0, 0.1) is 0 Å². The minimum atomic E-state index is -0.201. The highest BCUT2D eigenvalue weighted by Gasteiger charge is 2.23. The summed E-state index contributed by atoms with van der Waals surface area (Å²) in [6.45, 7) is 1.89. The van der Waals surface area contributed by atoms with Crippen LogP contribution in [0.4, 0.5) is 5.13 Å². The predicted octanol–water partition coefficient (Wildman–Crippen LogP) is 4.13. The third-order valence-electron chi connectivity index (χ3n) is 3.09. The van der Waals surface area contributed by atoms with E-state index in [1.807, 2.05) is 6.92 Å². The van der Waals surface area contributed by atoms with Gasteiger partial charge in [-0.15, -0.1) is 10.2 Å². The second kappa shape index (κ2) is 6.34. The molecular formula is C14H14ClN3OS2. The Labute approximate surface area is 136 Å². The third kappa shape index (κ3) is 3.96. The van der Waals surface area contributed by atoms with Crippen LogP contribution in [0.25, 0.3) is 0 Å². The molecule has 1 fully saturated rings. The topological polar surface area (TPSA) is 54.9 Å². The van der Waals surface area contributed by atoms with E-state index in [0.717, 1.165) is 9.47 Å². The Morgan fingerprint density at radius 3 is 2.76 bits per heavy atom. The number of rotatable bonds is 6. The van der Waals surface area contributed by atoms with Crippen molar-refractivity contribution in [3.8, 4) is 0 Å². The summed E-state index contributed by atoms with van der Waals surface area (Å²) in [6.07, 6.45) is 2.40. The van der Waals surface area contributed by atoms with Gasteiger partial charge >= 0.3 is 0 Å².